The van der Waals surface area contributed by atoms with E-state index in [1.54, 1.807) is 14.0 Å². The van der Waals surface area contributed by atoms with E-state index in [0.29, 0.717) is 16.3 Å². The van der Waals surface area contributed by atoms with Gasteiger partial charge in [-0.2, -0.15) is 0 Å². The highest BCUT2D eigenvalue weighted by molar-refractivity contribution is 7.14. The van der Waals surface area contributed by atoms with Gasteiger partial charge in [-0.25, -0.2) is 14.8 Å². The quantitative estimate of drug-likeness (QED) is 0.725. The number of hydrogen-bond donors (Lipinski definition) is 1. The lowest BCUT2D eigenvalue weighted by molar-refractivity contribution is 0.103. The number of rotatable bonds is 2. The molecule has 3 heterocycles. The Hall–Kier alpha value is -2.81. The van der Waals surface area contributed by atoms with E-state index in [0.717, 1.165) is 9.57 Å². The Morgan fingerprint density at radius 3 is 2.44 bits per heavy atom. The zero-order valence-corrected chi connectivity index (χ0v) is 16.9. The van der Waals surface area contributed by atoms with Crippen molar-refractivity contribution in [1.29, 1.82) is 0 Å². The molecule has 0 aliphatic heterocycles. The Balaban J connectivity index is 2.00. The van der Waals surface area contributed by atoms with Crippen molar-refractivity contribution in [2.45, 2.75) is 33.1 Å². The minimum atomic E-state index is -0.458. The van der Waals surface area contributed by atoms with Crippen molar-refractivity contribution < 1.29 is 4.79 Å². The molecule has 1 N–H and O–H groups in total. The second-order valence-corrected chi connectivity index (χ2v) is 8.44. The molecule has 0 atom stereocenters. The lowest BCUT2D eigenvalue weighted by Gasteiger charge is -2.13. The highest BCUT2D eigenvalue weighted by Gasteiger charge is 2.23. The molecule has 9 heteroatoms. The van der Waals surface area contributed by atoms with Crippen molar-refractivity contribution in [3.8, 4) is 0 Å². The minimum absolute atomic E-state index is 0.143. The summed E-state index contributed by atoms with van der Waals surface area (Å²) in [6.45, 7) is 7.92. The summed E-state index contributed by atoms with van der Waals surface area (Å²) in [5.41, 5.74) is 0.260. The van der Waals surface area contributed by atoms with Crippen molar-refractivity contribution in [1.82, 2.24) is 19.1 Å². The number of aromatic nitrogens is 4. The van der Waals surface area contributed by atoms with Gasteiger partial charge in [0.05, 0.1) is 28.0 Å². The normalized spacial score (nSPS) is 11.8. The number of carbonyl (C=O) groups is 1. The van der Waals surface area contributed by atoms with Gasteiger partial charge < -0.3 is 5.32 Å². The van der Waals surface area contributed by atoms with E-state index in [9.17, 15) is 14.4 Å². The molecule has 8 nitrogen and oxygen atoms in total. The topological polar surface area (TPSA) is 98.9 Å². The molecule has 1 amide bonds. The molecule has 0 aromatic carbocycles. The zero-order valence-electron chi connectivity index (χ0n) is 16.1. The van der Waals surface area contributed by atoms with Crippen LogP contribution in [0.15, 0.2) is 21.9 Å². The Morgan fingerprint density at radius 1 is 1.19 bits per heavy atom. The van der Waals surface area contributed by atoms with Crippen molar-refractivity contribution in [2.24, 2.45) is 14.1 Å². The van der Waals surface area contributed by atoms with Crippen LogP contribution in [0.3, 0.4) is 0 Å². The summed E-state index contributed by atoms with van der Waals surface area (Å²) < 4.78 is 2.31. The standard InChI is InChI=1S/C18H21N5O3S/c1-9-12(27-16(20-9)18(2,3)4)14(24)21-10-7-11-13(19-8-10)22(5)17(26)23(6)15(11)25/h7-8H,1-6H3,(H,21,24). The summed E-state index contributed by atoms with van der Waals surface area (Å²) in [6.07, 6.45) is 1.43. The predicted molar refractivity (Wildman–Crippen MR) is 106 cm³/mol. The summed E-state index contributed by atoms with van der Waals surface area (Å²) in [5.74, 6) is -0.303. The molecule has 0 aliphatic carbocycles. The van der Waals surface area contributed by atoms with Gasteiger partial charge in [0.2, 0.25) is 0 Å². The maximum absolute atomic E-state index is 12.7. The summed E-state index contributed by atoms with van der Waals surface area (Å²) in [7, 11) is 2.95. The van der Waals surface area contributed by atoms with E-state index < -0.39 is 11.2 Å². The summed E-state index contributed by atoms with van der Waals surface area (Å²) >= 11 is 1.35. The van der Waals surface area contributed by atoms with E-state index in [1.807, 2.05) is 20.8 Å². The maximum atomic E-state index is 12.7. The maximum Gasteiger partial charge on any atom is 0.332 e. The monoisotopic (exact) mass is 387 g/mol. The lowest BCUT2D eigenvalue weighted by atomic mass is 9.98. The Kier molecular flexibility index (Phi) is 4.51. The predicted octanol–water partition coefficient (Wildman–Crippen LogP) is 1.95. The molecular formula is C18H21N5O3S. The van der Waals surface area contributed by atoms with Gasteiger partial charge in [-0.1, -0.05) is 20.8 Å². The first-order valence-corrected chi connectivity index (χ1v) is 9.17. The van der Waals surface area contributed by atoms with Crippen molar-refractivity contribution in [2.75, 3.05) is 5.32 Å². The fourth-order valence-corrected chi connectivity index (χ4v) is 3.67. The van der Waals surface area contributed by atoms with Crippen LogP contribution in [0.5, 0.6) is 0 Å². The molecule has 3 aromatic heterocycles. The Bertz CT molecular complexity index is 1180. The van der Waals surface area contributed by atoms with Crippen molar-refractivity contribution in [3.63, 3.8) is 0 Å². The van der Waals surface area contributed by atoms with Crippen LogP contribution in [0, 0.1) is 6.92 Å². The van der Waals surface area contributed by atoms with Crippen molar-refractivity contribution >= 4 is 34.0 Å². The summed E-state index contributed by atoms with van der Waals surface area (Å²) in [6, 6.07) is 1.53. The molecule has 0 aliphatic rings. The number of amides is 1. The Labute approximate surface area is 159 Å². The minimum Gasteiger partial charge on any atom is -0.320 e. The number of aryl methyl sites for hydroxylation is 2. The highest BCUT2D eigenvalue weighted by atomic mass is 32.1. The molecule has 142 valence electrons. The summed E-state index contributed by atoms with van der Waals surface area (Å²) in [5, 5.41) is 3.91. The first kappa shape index (κ1) is 19.0. The molecule has 0 spiro atoms. The van der Waals surface area contributed by atoms with Gasteiger partial charge in [-0.3, -0.25) is 18.7 Å². The fourth-order valence-electron chi connectivity index (χ4n) is 2.65. The second kappa shape index (κ2) is 6.41. The van der Waals surface area contributed by atoms with E-state index in [1.165, 1.54) is 35.2 Å². The largest absolute Gasteiger partial charge is 0.332 e. The smallest absolute Gasteiger partial charge is 0.320 e. The van der Waals surface area contributed by atoms with Crippen LogP contribution in [-0.4, -0.2) is 25.0 Å². The molecule has 0 saturated carbocycles. The molecule has 27 heavy (non-hydrogen) atoms. The zero-order chi connectivity index (χ0) is 20.1. The molecule has 3 aromatic rings. The number of fused-ring (bicyclic) bond motifs is 1. The Morgan fingerprint density at radius 2 is 1.85 bits per heavy atom. The fraction of sp³-hybridized carbons (Fsp3) is 0.389. The average molecular weight is 387 g/mol. The van der Waals surface area contributed by atoms with Gasteiger partial charge >= 0.3 is 5.69 Å². The molecule has 0 saturated heterocycles. The average Bonchev–Trinajstić information content (AvgIpc) is 3.00. The number of anilines is 1. The third kappa shape index (κ3) is 3.30. The van der Waals surface area contributed by atoms with E-state index in [-0.39, 0.29) is 22.4 Å². The van der Waals surface area contributed by atoms with Gasteiger partial charge in [0.1, 0.15) is 10.5 Å². The van der Waals surface area contributed by atoms with Crippen LogP contribution in [0.4, 0.5) is 5.69 Å². The van der Waals surface area contributed by atoms with Crippen LogP contribution < -0.4 is 16.6 Å². The third-order valence-electron chi connectivity index (χ3n) is 4.20. The third-order valence-corrected chi connectivity index (χ3v) is 5.78. The number of pyridine rings is 1. The van der Waals surface area contributed by atoms with Crippen LogP contribution in [0.2, 0.25) is 0 Å². The van der Waals surface area contributed by atoms with Gasteiger partial charge in [-0.05, 0) is 13.0 Å². The molecular weight excluding hydrogens is 366 g/mol. The molecule has 0 unspecified atom stereocenters. The van der Waals surface area contributed by atoms with Gasteiger partial charge in [-0.15, -0.1) is 11.3 Å². The van der Waals surface area contributed by atoms with Gasteiger partial charge in [0.15, 0.2) is 0 Å². The van der Waals surface area contributed by atoms with E-state index >= 15 is 0 Å². The first-order valence-electron chi connectivity index (χ1n) is 8.35. The second-order valence-electron chi connectivity index (χ2n) is 7.44. The molecule has 0 radical (unpaired) electrons. The van der Waals surface area contributed by atoms with Crippen LogP contribution in [-0.2, 0) is 19.5 Å². The number of nitrogens with one attached hydrogen (secondary N) is 1. The first-order chi connectivity index (χ1) is 12.5. The number of hydrogen-bond acceptors (Lipinski definition) is 6. The van der Waals surface area contributed by atoms with Gasteiger partial charge in [0, 0.05) is 19.5 Å². The van der Waals surface area contributed by atoms with Gasteiger partial charge in [0.25, 0.3) is 11.5 Å². The van der Waals surface area contributed by atoms with Crippen LogP contribution in [0.1, 0.15) is 41.1 Å². The number of carbonyl (C=O) groups excluding carboxylic acids is 1. The van der Waals surface area contributed by atoms with Crippen LogP contribution >= 0.6 is 11.3 Å². The van der Waals surface area contributed by atoms with E-state index in [2.05, 4.69) is 15.3 Å². The van der Waals surface area contributed by atoms with Crippen LogP contribution in [0.25, 0.3) is 11.0 Å². The van der Waals surface area contributed by atoms with E-state index in [4.69, 9.17) is 0 Å². The highest BCUT2D eigenvalue weighted by Crippen LogP contribution is 2.29. The van der Waals surface area contributed by atoms with Crippen molar-refractivity contribution in [3.05, 3.63) is 48.7 Å². The number of nitrogens with zero attached hydrogens (tertiary/aromatic N) is 4. The molecule has 3 rings (SSSR count). The SMILES string of the molecule is Cc1nc(C(C)(C)C)sc1C(=O)Nc1cnc2c(c1)c(=O)n(C)c(=O)n2C. The molecule has 0 fully saturated rings. The number of thiazole rings is 1. The lowest BCUT2D eigenvalue weighted by Crippen LogP contribution is -2.37. The summed E-state index contributed by atoms with van der Waals surface area (Å²) in [4.78, 5) is 46.2. The molecule has 0 bridgehead atoms.